The van der Waals surface area contributed by atoms with E-state index in [4.69, 9.17) is 0 Å². The molecule has 4 fully saturated rings. The van der Waals surface area contributed by atoms with Gasteiger partial charge in [-0.1, -0.05) is 50.3 Å². The molecule has 4 aliphatic rings. The zero-order valence-corrected chi connectivity index (χ0v) is 13.7. The van der Waals surface area contributed by atoms with E-state index in [1.165, 1.54) is 57.1 Å². The predicted molar refractivity (Wildman–Crippen MR) is 92.0 cm³/mol. The van der Waals surface area contributed by atoms with Gasteiger partial charge in [-0.05, 0) is 61.5 Å². The van der Waals surface area contributed by atoms with Crippen molar-refractivity contribution >= 4 is 5.69 Å². The lowest BCUT2D eigenvalue weighted by atomic mass is 9.78. The molecule has 6 atom stereocenters. The van der Waals surface area contributed by atoms with Crippen molar-refractivity contribution in [1.29, 1.82) is 0 Å². The second kappa shape index (κ2) is 5.28. The van der Waals surface area contributed by atoms with E-state index < -0.39 is 0 Å². The van der Waals surface area contributed by atoms with Crippen LogP contribution in [0.1, 0.15) is 57.8 Å². The molecule has 1 heterocycles. The van der Waals surface area contributed by atoms with E-state index in [1.54, 1.807) is 6.42 Å². The molecule has 0 spiro atoms. The van der Waals surface area contributed by atoms with Crippen LogP contribution >= 0.6 is 0 Å². The number of hydrogen-bond acceptors (Lipinski definition) is 1. The average molecular weight is 295 g/mol. The summed E-state index contributed by atoms with van der Waals surface area (Å²) < 4.78 is 0. The van der Waals surface area contributed by atoms with Gasteiger partial charge >= 0.3 is 0 Å². The maximum Gasteiger partial charge on any atom is 0.0371 e. The summed E-state index contributed by atoms with van der Waals surface area (Å²) >= 11 is 0. The lowest BCUT2D eigenvalue weighted by Crippen LogP contribution is -2.43. The summed E-state index contributed by atoms with van der Waals surface area (Å²) in [4.78, 5) is 2.94. The zero-order valence-electron chi connectivity index (χ0n) is 13.7. The lowest BCUT2D eigenvalue weighted by molar-refractivity contribution is 0.236. The van der Waals surface area contributed by atoms with Gasteiger partial charge in [0.05, 0.1) is 0 Å². The van der Waals surface area contributed by atoms with Crippen LogP contribution in [-0.4, -0.2) is 12.1 Å². The third kappa shape index (κ3) is 1.90. The molecule has 0 radical (unpaired) electrons. The molecule has 5 rings (SSSR count). The maximum atomic E-state index is 2.94. The second-order valence-corrected chi connectivity index (χ2v) is 8.36. The summed E-state index contributed by atoms with van der Waals surface area (Å²) in [6, 6.07) is 13.2. The molecule has 0 amide bonds. The van der Waals surface area contributed by atoms with E-state index in [-0.39, 0.29) is 0 Å². The third-order valence-electron chi connectivity index (χ3n) is 7.48. The molecule has 1 aromatic carbocycles. The number of nitrogens with zero attached hydrogens (tertiary/aromatic N) is 1. The normalized spacial score (nSPS) is 43.5. The first-order valence-electron chi connectivity index (χ1n) is 9.77. The van der Waals surface area contributed by atoms with Crippen molar-refractivity contribution in [1.82, 2.24) is 0 Å². The van der Waals surface area contributed by atoms with Gasteiger partial charge in [-0.25, -0.2) is 0 Å². The molecule has 0 bridgehead atoms. The fraction of sp³-hybridized carbons (Fsp3) is 0.714. The van der Waals surface area contributed by atoms with Crippen LogP contribution < -0.4 is 4.90 Å². The van der Waals surface area contributed by atoms with Crippen molar-refractivity contribution in [3.63, 3.8) is 0 Å². The van der Waals surface area contributed by atoms with E-state index in [9.17, 15) is 0 Å². The SMILES string of the molecule is c1ccc(N2C3CCCCC3C3CC4CCCCC4C32)cc1. The molecular weight excluding hydrogens is 266 g/mol. The summed E-state index contributed by atoms with van der Waals surface area (Å²) in [5.74, 6) is 4.07. The van der Waals surface area contributed by atoms with Crippen molar-refractivity contribution < 1.29 is 0 Å². The highest BCUT2D eigenvalue weighted by molar-refractivity contribution is 5.51. The van der Waals surface area contributed by atoms with Gasteiger partial charge in [0.15, 0.2) is 0 Å². The minimum absolute atomic E-state index is 0.856. The van der Waals surface area contributed by atoms with Gasteiger partial charge in [0.2, 0.25) is 0 Å². The van der Waals surface area contributed by atoms with E-state index >= 15 is 0 Å². The Bertz CT molecular complexity index is 522. The van der Waals surface area contributed by atoms with E-state index in [2.05, 4.69) is 35.2 Å². The Morgan fingerprint density at radius 1 is 0.727 bits per heavy atom. The quantitative estimate of drug-likeness (QED) is 0.683. The molecule has 1 nitrogen and oxygen atoms in total. The molecule has 22 heavy (non-hydrogen) atoms. The molecule has 118 valence electrons. The number of para-hydroxylation sites is 1. The maximum absolute atomic E-state index is 2.94. The molecule has 6 unspecified atom stereocenters. The molecular formula is C21H29N. The van der Waals surface area contributed by atoms with Gasteiger partial charge in [-0.15, -0.1) is 0 Å². The van der Waals surface area contributed by atoms with Gasteiger partial charge in [-0.2, -0.15) is 0 Å². The predicted octanol–water partition coefficient (Wildman–Crippen LogP) is 5.26. The van der Waals surface area contributed by atoms with Crippen LogP contribution in [0.25, 0.3) is 0 Å². The Kier molecular flexibility index (Phi) is 3.23. The van der Waals surface area contributed by atoms with Gasteiger partial charge in [0, 0.05) is 17.8 Å². The summed E-state index contributed by atoms with van der Waals surface area (Å²) in [5, 5.41) is 0. The van der Waals surface area contributed by atoms with E-state index in [0.717, 1.165) is 35.8 Å². The third-order valence-corrected chi connectivity index (χ3v) is 7.48. The summed E-state index contributed by atoms with van der Waals surface area (Å²) in [5.41, 5.74) is 1.53. The lowest BCUT2D eigenvalue weighted by Gasteiger charge is -2.40. The fourth-order valence-electron chi connectivity index (χ4n) is 6.80. The number of rotatable bonds is 1. The van der Waals surface area contributed by atoms with Gasteiger partial charge in [-0.3, -0.25) is 0 Å². The smallest absolute Gasteiger partial charge is 0.0371 e. The zero-order chi connectivity index (χ0) is 14.5. The fourth-order valence-corrected chi connectivity index (χ4v) is 6.80. The average Bonchev–Trinajstić information content (AvgIpc) is 3.10. The molecule has 3 aliphatic carbocycles. The first-order valence-corrected chi connectivity index (χ1v) is 9.77. The van der Waals surface area contributed by atoms with Crippen LogP contribution in [-0.2, 0) is 0 Å². The topological polar surface area (TPSA) is 3.24 Å². The van der Waals surface area contributed by atoms with Crippen LogP contribution in [0.5, 0.6) is 0 Å². The Morgan fingerprint density at radius 3 is 2.32 bits per heavy atom. The summed E-state index contributed by atoms with van der Waals surface area (Å²) in [7, 11) is 0. The molecule has 0 aromatic heterocycles. The molecule has 1 heteroatoms. The standard InChI is InChI=1S/C21H29N/c1-2-9-16(10-3-1)22-20-13-7-6-12-18(20)19-14-15-8-4-5-11-17(15)21(19)22/h1-3,9-10,15,17-21H,4-8,11-14H2. The molecule has 1 aliphatic heterocycles. The number of benzene rings is 1. The second-order valence-electron chi connectivity index (χ2n) is 8.36. The van der Waals surface area contributed by atoms with Gasteiger partial charge < -0.3 is 4.90 Å². The van der Waals surface area contributed by atoms with E-state index in [1.807, 2.05) is 0 Å². The number of hydrogen-bond donors (Lipinski definition) is 0. The van der Waals surface area contributed by atoms with Crippen molar-refractivity contribution in [3.8, 4) is 0 Å². The minimum atomic E-state index is 0.856. The number of fused-ring (bicyclic) bond motifs is 5. The molecule has 0 N–H and O–H groups in total. The highest BCUT2D eigenvalue weighted by Crippen LogP contribution is 2.58. The summed E-state index contributed by atoms with van der Waals surface area (Å²) in [6.07, 6.45) is 13.5. The van der Waals surface area contributed by atoms with Crippen LogP contribution in [0.15, 0.2) is 30.3 Å². The Labute approximate surface area is 135 Å². The van der Waals surface area contributed by atoms with Crippen LogP contribution in [0, 0.1) is 23.7 Å². The first-order chi connectivity index (χ1) is 10.9. The Hall–Kier alpha value is -0.980. The monoisotopic (exact) mass is 295 g/mol. The first kappa shape index (κ1) is 13.5. The van der Waals surface area contributed by atoms with Gasteiger partial charge in [0.1, 0.15) is 0 Å². The molecule has 3 saturated carbocycles. The Morgan fingerprint density at radius 2 is 1.45 bits per heavy atom. The van der Waals surface area contributed by atoms with Crippen molar-refractivity contribution in [2.45, 2.75) is 69.9 Å². The highest BCUT2D eigenvalue weighted by atomic mass is 15.2. The van der Waals surface area contributed by atoms with Crippen molar-refractivity contribution in [2.24, 2.45) is 23.7 Å². The number of anilines is 1. The highest BCUT2D eigenvalue weighted by Gasteiger charge is 2.57. The van der Waals surface area contributed by atoms with Gasteiger partial charge in [0.25, 0.3) is 0 Å². The van der Waals surface area contributed by atoms with Crippen LogP contribution in [0.2, 0.25) is 0 Å². The van der Waals surface area contributed by atoms with Crippen molar-refractivity contribution in [2.75, 3.05) is 4.90 Å². The molecule has 1 saturated heterocycles. The van der Waals surface area contributed by atoms with Crippen LogP contribution in [0.4, 0.5) is 5.69 Å². The minimum Gasteiger partial charge on any atom is -0.365 e. The largest absolute Gasteiger partial charge is 0.365 e. The van der Waals surface area contributed by atoms with Crippen LogP contribution in [0.3, 0.4) is 0 Å². The Balaban J connectivity index is 1.55. The van der Waals surface area contributed by atoms with E-state index in [0.29, 0.717) is 0 Å². The molecule has 1 aromatic rings. The van der Waals surface area contributed by atoms with Crippen molar-refractivity contribution in [3.05, 3.63) is 30.3 Å². The summed E-state index contributed by atoms with van der Waals surface area (Å²) in [6.45, 7) is 0.